The molecule has 0 saturated heterocycles. The van der Waals surface area contributed by atoms with Crippen LogP contribution in [0, 0.1) is 0 Å². The number of nitrogens with zero attached hydrogens (tertiary/aromatic N) is 2. The zero-order chi connectivity index (χ0) is 27.3. The third-order valence-electron chi connectivity index (χ3n) is 4.71. The van der Waals surface area contributed by atoms with E-state index < -0.39 is 16.3 Å². The van der Waals surface area contributed by atoms with E-state index in [1.54, 1.807) is 42.5 Å². The Morgan fingerprint density at radius 3 is 2.37 bits per heavy atom. The van der Waals surface area contributed by atoms with E-state index in [-0.39, 0.29) is 22.7 Å². The van der Waals surface area contributed by atoms with Gasteiger partial charge >= 0.3 is 6.18 Å². The SMILES string of the molecule is FC(F)(F)c1ccnc(Oc2ccc(OCc3cc(-c4cccc(OC(Cl)(Cl)C=C(Cl)Cl)c4)no3)cc2)c1. The third-order valence-corrected chi connectivity index (χ3v) is 5.30. The second-order valence-corrected chi connectivity index (χ2v) is 9.87. The smallest absolute Gasteiger partial charge is 0.416 e. The highest BCUT2D eigenvalue weighted by Crippen LogP contribution is 2.34. The van der Waals surface area contributed by atoms with Gasteiger partial charge in [0.1, 0.15) is 34.0 Å². The molecular weight excluding hydrogens is 591 g/mol. The molecule has 0 fully saturated rings. The second kappa shape index (κ2) is 11.7. The number of halogens is 7. The average Bonchev–Trinajstić information content (AvgIpc) is 3.31. The van der Waals surface area contributed by atoms with E-state index in [9.17, 15) is 13.2 Å². The lowest BCUT2D eigenvalue weighted by Gasteiger charge is -2.17. The summed E-state index contributed by atoms with van der Waals surface area (Å²) in [5.41, 5.74) is 0.312. The number of rotatable bonds is 9. The minimum absolute atomic E-state index is 0.0596. The molecule has 6 nitrogen and oxygen atoms in total. The molecule has 2 heterocycles. The monoisotopic (exact) mass is 604 g/mol. The van der Waals surface area contributed by atoms with E-state index in [1.807, 2.05) is 0 Å². The van der Waals surface area contributed by atoms with Crippen molar-refractivity contribution in [3.63, 3.8) is 0 Å². The van der Waals surface area contributed by atoms with Gasteiger partial charge in [-0.05, 0) is 42.5 Å². The van der Waals surface area contributed by atoms with Crippen molar-refractivity contribution in [2.24, 2.45) is 0 Å². The van der Waals surface area contributed by atoms with E-state index in [4.69, 9.17) is 65.1 Å². The first-order valence-corrected chi connectivity index (χ1v) is 12.1. The Morgan fingerprint density at radius 2 is 1.66 bits per heavy atom. The maximum atomic E-state index is 12.9. The number of alkyl halides is 5. The molecule has 2 aromatic carbocycles. The molecule has 4 aromatic rings. The Kier molecular flexibility index (Phi) is 8.62. The first-order chi connectivity index (χ1) is 18.0. The summed E-state index contributed by atoms with van der Waals surface area (Å²) in [5.74, 6) is 1.34. The van der Waals surface area contributed by atoms with Gasteiger partial charge in [-0.1, -0.05) is 63.7 Å². The van der Waals surface area contributed by atoms with Crippen molar-refractivity contribution >= 4 is 46.4 Å². The van der Waals surface area contributed by atoms with Crippen molar-refractivity contribution in [1.82, 2.24) is 10.1 Å². The number of hydrogen-bond donors (Lipinski definition) is 0. The molecule has 0 aliphatic carbocycles. The number of pyridine rings is 1. The fraction of sp³-hybridized carbons (Fsp3) is 0.120. The normalized spacial score (nSPS) is 11.7. The molecule has 0 N–H and O–H groups in total. The van der Waals surface area contributed by atoms with Gasteiger partial charge in [-0.25, -0.2) is 4.98 Å². The predicted molar refractivity (Wildman–Crippen MR) is 137 cm³/mol. The number of aromatic nitrogens is 2. The van der Waals surface area contributed by atoms with Gasteiger partial charge in [-0.2, -0.15) is 13.2 Å². The van der Waals surface area contributed by atoms with Crippen LogP contribution in [0.5, 0.6) is 23.1 Å². The summed E-state index contributed by atoms with van der Waals surface area (Å²) in [7, 11) is 0. The highest BCUT2D eigenvalue weighted by molar-refractivity contribution is 6.57. The maximum absolute atomic E-state index is 12.9. The van der Waals surface area contributed by atoms with Crippen LogP contribution in [0.25, 0.3) is 11.3 Å². The van der Waals surface area contributed by atoms with E-state index in [2.05, 4.69) is 10.1 Å². The lowest BCUT2D eigenvalue weighted by Crippen LogP contribution is -2.18. The topological polar surface area (TPSA) is 66.6 Å². The van der Waals surface area contributed by atoms with E-state index in [0.29, 0.717) is 28.5 Å². The zero-order valence-electron chi connectivity index (χ0n) is 18.9. The molecule has 13 heteroatoms. The standard InChI is InChI=1S/C25H15Cl4F3N2O4/c26-22(27)13-24(28,29)37-19-3-1-2-15(10-19)21-12-20(38-34-21)14-35-17-4-6-18(7-5-17)36-23-11-16(8-9-33-23)25(30,31)32/h1-13H,14H2. The highest BCUT2D eigenvalue weighted by atomic mass is 35.5. The Labute approximate surface area is 234 Å². The van der Waals surface area contributed by atoms with E-state index in [0.717, 1.165) is 24.4 Å². The van der Waals surface area contributed by atoms with Gasteiger partial charge in [0.2, 0.25) is 5.88 Å². The van der Waals surface area contributed by atoms with Crippen LogP contribution in [-0.2, 0) is 12.8 Å². The second-order valence-electron chi connectivity index (χ2n) is 7.55. The Morgan fingerprint density at radius 1 is 0.921 bits per heavy atom. The minimum Gasteiger partial charge on any atom is -0.486 e. The van der Waals surface area contributed by atoms with E-state index in [1.165, 1.54) is 12.1 Å². The van der Waals surface area contributed by atoms with Gasteiger partial charge in [0.25, 0.3) is 4.52 Å². The largest absolute Gasteiger partial charge is 0.486 e. The summed E-state index contributed by atoms with van der Waals surface area (Å²) in [6, 6.07) is 16.4. The molecule has 4 rings (SSSR count). The molecule has 0 aliphatic heterocycles. The summed E-state index contributed by atoms with van der Waals surface area (Å²) in [6.45, 7) is 0.0596. The van der Waals surface area contributed by atoms with Crippen molar-refractivity contribution in [1.29, 1.82) is 0 Å². The number of ether oxygens (including phenoxy) is 3. The quantitative estimate of drug-likeness (QED) is 0.177. The van der Waals surface area contributed by atoms with Gasteiger partial charge in [0, 0.05) is 30.0 Å². The summed E-state index contributed by atoms with van der Waals surface area (Å²) in [6.07, 6.45) is -2.34. The van der Waals surface area contributed by atoms with Crippen LogP contribution in [0.4, 0.5) is 13.2 Å². The molecule has 0 aliphatic rings. The van der Waals surface area contributed by atoms with Gasteiger partial charge in [0.15, 0.2) is 5.76 Å². The van der Waals surface area contributed by atoms with Crippen LogP contribution in [-0.4, -0.2) is 14.7 Å². The van der Waals surface area contributed by atoms with Crippen LogP contribution in [0.15, 0.2) is 88.0 Å². The molecule has 0 amide bonds. The van der Waals surface area contributed by atoms with Crippen molar-refractivity contribution in [2.45, 2.75) is 17.3 Å². The minimum atomic E-state index is -4.49. The summed E-state index contributed by atoms with van der Waals surface area (Å²) in [5, 5.41) is 4.03. The van der Waals surface area contributed by atoms with Gasteiger partial charge < -0.3 is 18.7 Å². The lowest BCUT2D eigenvalue weighted by atomic mass is 10.1. The molecule has 0 unspecified atom stereocenters. The summed E-state index contributed by atoms with van der Waals surface area (Å²) < 4.78 is 58.6. The van der Waals surface area contributed by atoms with Crippen LogP contribution in [0.3, 0.4) is 0 Å². The maximum Gasteiger partial charge on any atom is 0.416 e. The summed E-state index contributed by atoms with van der Waals surface area (Å²) >= 11 is 23.3. The molecule has 0 saturated carbocycles. The van der Waals surface area contributed by atoms with Gasteiger partial charge in [-0.15, -0.1) is 0 Å². The molecule has 2 aromatic heterocycles. The van der Waals surface area contributed by atoms with E-state index >= 15 is 0 Å². The fourth-order valence-corrected chi connectivity index (χ4v) is 4.00. The van der Waals surface area contributed by atoms with Gasteiger partial charge in [0.05, 0.1) is 5.56 Å². The number of hydrogen-bond acceptors (Lipinski definition) is 6. The Hall–Kier alpha value is -3.11. The van der Waals surface area contributed by atoms with Crippen molar-refractivity contribution < 1.29 is 31.9 Å². The molecule has 0 atom stereocenters. The van der Waals surface area contributed by atoms with Crippen molar-refractivity contribution in [3.05, 3.63) is 94.8 Å². The first kappa shape index (κ1) is 27.9. The van der Waals surface area contributed by atoms with Crippen molar-refractivity contribution in [2.75, 3.05) is 0 Å². The Bertz CT molecular complexity index is 1420. The first-order valence-electron chi connectivity index (χ1n) is 10.6. The number of benzene rings is 2. The molecule has 38 heavy (non-hydrogen) atoms. The van der Waals surface area contributed by atoms with Crippen LogP contribution in [0.2, 0.25) is 0 Å². The summed E-state index contributed by atoms with van der Waals surface area (Å²) in [4.78, 5) is 3.80. The Balaban J connectivity index is 1.35. The molecule has 0 radical (unpaired) electrons. The highest BCUT2D eigenvalue weighted by Gasteiger charge is 2.31. The van der Waals surface area contributed by atoms with Crippen molar-refractivity contribution in [3.8, 4) is 34.4 Å². The molecule has 0 bridgehead atoms. The fourth-order valence-electron chi connectivity index (χ4n) is 3.07. The lowest BCUT2D eigenvalue weighted by molar-refractivity contribution is -0.137. The van der Waals surface area contributed by atoms with Crippen LogP contribution >= 0.6 is 46.4 Å². The molecule has 0 spiro atoms. The predicted octanol–water partition coefficient (Wildman–Crippen LogP) is 8.96. The molecule has 198 valence electrons. The van der Waals surface area contributed by atoms with Crippen LogP contribution in [0.1, 0.15) is 11.3 Å². The molecular formula is C25H15Cl4F3N2O4. The van der Waals surface area contributed by atoms with Gasteiger partial charge in [-0.3, -0.25) is 0 Å². The average molecular weight is 606 g/mol. The zero-order valence-corrected chi connectivity index (χ0v) is 21.9. The third kappa shape index (κ3) is 7.94. The van der Waals surface area contributed by atoms with Crippen LogP contribution < -0.4 is 14.2 Å².